The largest absolute Gasteiger partial charge is 0.465 e. The second-order valence-electron chi connectivity index (χ2n) is 8.75. The van der Waals surface area contributed by atoms with Crippen molar-refractivity contribution in [2.24, 2.45) is 0 Å². The summed E-state index contributed by atoms with van der Waals surface area (Å²) in [5, 5.41) is 11.5. The smallest absolute Gasteiger partial charge is 0.264 e. The van der Waals surface area contributed by atoms with Crippen LogP contribution in [0.2, 0.25) is 0 Å². The fourth-order valence-electron chi connectivity index (χ4n) is 4.11. The third-order valence-electron chi connectivity index (χ3n) is 6.07. The minimum Gasteiger partial charge on any atom is -0.465 e. The molecule has 170 valence electrons. The van der Waals surface area contributed by atoms with Crippen molar-refractivity contribution >= 4 is 39.4 Å². The summed E-state index contributed by atoms with van der Waals surface area (Å²) < 4.78 is 5.94. The third-order valence-corrected chi connectivity index (χ3v) is 6.56. The third kappa shape index (κ3) is 4.59. The Morgan fingerprint density at radius 1 is 1.21 bits per heavy atom. The van der Waals surface area contributed by atoms with Crippen molar-refractivity contribution in [1.29, 1.82) is 0 Å². The summed E-state index contributed by atoms with van der Waals surface area (Å²) in [4.78, 5) is 27.9. The van der Waals surface area contributed by atoms with E-state index in [0.29, 0.717) is 29.5 Å². The van der Waals surface area contributed by atoms with Crippen molar-refractivity contribution in [3.8, 4) is 0 Å². The number of fused-ring (bicyclic) bond motifs is 1. The molecule has 0 saturated carbocycles. The van der Waals surface area contributed by atoms with Gasteiger partial charge in [0, 0.05) is 10.0 Å². The number of allylic oxidation sites excluding steroid dienone is 1. The SMILES string of the molecule is Cc1ccc(C(C)C)cc1CN1C(=O)C(O)(CC(=O)/C=C/c2ccco2)c2cc(Br)ccc21. The van der Waals surface area contributed by atoms with Crippen molar-refractivity contribution in [2.45, 2.75) is 45.3 Å². The monoisotopic (exact) mass is 507 g/mol. The van der Waals surface area contributed by atoms with E-state index in [1.54, 1.807) is 29.2 Å². The van der Waals surface area contributed by atoms with Gasteiger partial charge in [0.15, 0.2) is 11.4 Å². The highest BCUT2D eigenvalue weighted by molar-refractivity contribution is 9.10. The topological polar surface area (TPSA) is 70.8 Å². The van der Waals surface area contributed by atoms with Gasteiger partial charge in [-0.2, -0.15) is 0 Å². The Labute approximate surface area is 201 Å². The maximum absolute atomic E-state index is 13.6. The summed E-state index contributed by atoms with van der Waals surface area (Å²) >= 11 is 3.43. The molecule has 0 aliphatic carbocycles. The summed E-state index contributed by atoms with van der Waals surface area (Å²) in [5.41, 5.74) is 2.37. The lowest BCUT2D eigenvalue weighted by Gasteiger charge is -2.23. The number of hydrogen-bond donors (Lipinski definition) is 1. The highest BCUT2D eigenvalue weighted by Gasteiger charge is 2.50. The van der Waals surface area contributed by atoms with Crippen molar-refractivity contribution in [3.63, 3.8) is 0 Å². The van der Waals surface area contributed by atoms with E-state index in [1.165, 1.54) is 24.0 Å². The molecule has 1 aliphatic heterocycles. The lowest BCUT2D eigenvalue weighted by molar-refractivity contribution is -0.140. The van der Waals surface area contributed by atoms with Crippen molar-refractivity contribution in [2.75, 3.05) is 4.90 Å². The standard InChI is InChI=1S/C27H26BrNO4/c1-17(2)19-7-6-18(3)20(13-19)16-29-25-11-8-21(28)14-24(25)27(32,26(29)31)15-22(30)9-10-23-5-4-12-33-23/h4-14,17,32H,15-16H2,1-3H3/b10-9+. The first kappa shape index (κ1) is 23.2. The van der Waals surface area contributed by atoms with E-state index in [2.05, 4.69) is 48.0 Å². The van der Waals surface area contributed by atoms with E-state index >= 15 is 0 Å². The number of anilines is 1. The Hall–Kier alpha value is -2.96. The number of amides is 1. The summed E-state index contributed by atoms with van der Waals surface area (Å²) in [5.74, 6) is 0.0217. The zero-order valence-corrected chi connectivity index (χ0v) is 20.4. The number of hydrogen-bond acceptors (Lipinski definition) is 4. The maximum Gasteiger partial charge on any atom is 0.264 e. The number of furan rings is 1. The van der Waals surface area contributed by atoms with E-state index in [0.717, 1.165) is 15.6 Å². The molecule has 1 amide bonds. The second kappa shape index (κ2) is 9.12. The molecule has 4 rings (SSSR count). The summed E-state index contributed by atoms with van der Waals surface area (Å²) in [6.45, 7) is 6.59. The van der Waals surface area contributed by atoms with Gasteiger partial charge in [-0.3, -0.25) is 9.59 Å². The number of carbonyl (C=O) groups is 2. The van der Waals surface area contributed by atoms with Crippen LogP contribution in [0.15, 0.2) is 69.8 Å². The minimum absolute atomic E-state index is 0.318. The average Bonchev–Trinajstić information content (AvgIpc) is 3.36. The molecule has 0 radical (unpaired) electrons. The molecule has 2 aromatic carbocycles. The van der Waals surface area contributed by atoms with Crippen molar-refractivity contribution in [3.05, 3.63) is 93.4 Å². The first-order valence-corrected chi connectivity index (χ1v) is 11.7. The number of halogens is 1. The van der Waals surface area contributed by atoms with Crippen LogP contribution in [0.3, 0.4) is 0 Å². The van der Waals surface area contributed by atoms with Crippen molar-refractivity contribution < 1.29 is 19.1 Å². The molecule has 33 heavy (non-hydrogen) atoms. The number of benzene rings is 2. The van der Waals surface area contributed by atoms with Crippen LogP contribution in [-0.4, -0.2) is 16.8 Å². The van der Waals surface area contributed by atoms with E-state index in [1.807, 2.05) is 13.0 Å². The first-order valence-electron chi connectivity index (χ1n) is 10.9. The van der Waals surface area contributed by atoms with Crippen LogP contribution < -0.4 is 4.90 Å². The van der Waals surface area contributed by atoms with Crippen LogP contribution >= 0.6 is 15.9 Å². The molecule has 1 atom stereocenters. The Bertz CT molecular complexity index is 1230. The van der Waals surface area contributed by atoms with Gasteiger partial charge in [0.2, 0.25) is 0 Å². The number of carbonyl (C=O) groups excluding carboxylic acids is 2. The van der Waals surface area contributed by atoms with Gasteiger partial charge < -0.3 is 14.4 Å². The quantitative estimate of drug-likeness (QED) is 0.405. The molecule has 1 N–H and O–H groups in total. The maximum atomic E-state index is 13.6. The molecule has 0 bridgehead atoms. The van der Waals surface area contributed by atoms with Crippen LogP contribution in [0.1, 0.15) is 54.2 Å². The van der Waals surface area contributed by atoms with Gasteiger partial charge in [0.25, 0.3) is 5.91 Å². The lowest BCUT2D eigenvalue weighted by Crippen LogP contribution is -2.41. The molecule has 1 aromatic heterocycles. The van der Waals surface area contributed by atoms with E-state index < -0.39 is 11.5 Å². The van der Waals surface area contributed by atoms with Crippen LogP contribution in [-0.2, 0) is 21.7 Å². The fraction of sp³-hybridized carbons (Fsp3) is 0.259. The average molecular weight is 508 g/mol. The number of nitrogens with zero attached hydrogens (tertiary/aromatic N) is 1. The van der Waals surface area contributed by atoms with Gasteiger partial charge in [-0.05, 0) is 72.0 Å². The molecular weight excluding hydrogens is 482 g/mol. The summed E-state index contributed by atoms with van der Waals surface area (Å²) in [6.07, 6.45) is 4.03. The zero-order valence-electron chi connectivity index (χ0n) is 18.8. The van der Waals surface area contributed by atoms with E-state index in [9.17, 15) is 14.7 Å². The highest BCUT2D eigenvalue weighted by Crippen LogP contribution is 2.44. The van der Waals surface area contributed by atoms with Crippen LogP contribution in [0.25, 0.3) is 6.08 Å². The normalized spacial score (nSPS) is 17.9. The Morgan fingerprint density at radius 3 is 2.70 bits per heavy atom. The number of aryl methyl sites for hydroxylation is 1. The van der Waals surface area contributed by atoms with Gasteiger partial charge in [-0.1, -0.05) is 48.0 Å². The molecule has 6 heteroatoms. The molecular formula is C27H26BrNO4. The second-order valence-corrected chi connectivity index (χ2v) is 9.66. The van der Waals surface area contributed by atoms with Gasteiger partial charge in [0.05, 0.1) is 24.9 Å². The molecule has 1 unspecified atom stereocenters. The predicted octanol–water partition coefficient (Wildman–Crippen LogP) is 5.88. The van der Waals surface area contributed by atoms with Gasteiger partial charge in [-0.15, -0.1) is 0 Å². The number of ketones is 1. The minimum atomic E-state index is -1.94. The van der Waals surface area contributed by atoms with Gasteiger partial charge in [-0.25, -0.2) is 0 Å². The fourth-order valence-corrected chi connectivity index (χ4v) is 4.48. The lowest BCUT2D eigenvalue weighted by atomic mass is 9.90. The molecule has 0 saturated heterocycles. The highest BCUT2D eigenvalue weighted by atomic mass is 79.9. The van der Waals surface area contributed by atoms with Crippen LogP contribution in [0.5, 0.6) is 0 Å². The predicted molar refractivity (Wildman–Crippen MR) is 132 cm³/mol. The molecule has 3 aromatic rings. The molecule has 1 aliphatic rings. The molecule has 0 spiro atoms. The Balaban J connectivity index is 1.67. The Kier molecular flexibility index (Phi) is 6.41. The van der Waals surface area contributed by atoms with Gasteiger partial charge in [0.1, 0.15) is 5.76 Å². The van der Waals surface area contributed by atoms with Crippen molar-refractivity contribution in [1.82, 2.24) is 0 Å². The zero-order chi connectivity index (χ0) is 23.8. The molecule has 5 nitrogen and oxygen atoms in total. The van der Waals surface area contributed by atoms with Gasteiger partial charge >= 0.3 is 0 Å². The van der Waals surface area contributed by atoms with E-state index in [4.69, 9.17) is 4.42 Å². The molecule has 0 fully saturated rings. The summed E-state index contributed by atoms with van der Waals surface area (Å²) in [6, 6.07) is 15.1. The van der Waals surface area contributed by atoms with Crippen LogP contribution in [0, 0.1) is 6.92 Å². The first-order chi connectivity index (χ1) is 15.7. The van der Waals surface area contributed by atoms with Crippen LogP contribution in [0.4, 0.5) is 5.69 Å². The Morgan fingerprint density at radius 2 is 2.00 bits per heavy atom. The van der Waals surface area contributed by atoms with E-state index in [-0.39, 0.29) is 12.2 Å². The summed E-state index contributed by atoms with van der Waals surface area (Å²) in [7, 11) is 0. The number of aliphatic hydroxyl groups is 1. The molecule has 2 heterocycles. The number of rotatable bonds is 7.